The molecule has 0 fully saturated rings. The lowest BCUT2D eigenvalue weighted by atomic mass is 9.78. The van der Waals surface area contributed by atoms with Gasteiger partial charge >= 0.3 is 6.03 Å². The molecule has 3 aromatic rings. The number of nitrogens with one attached hydrogen (secondary N) is 1. The van der Waals surface area contributed by atoms with E-state index in [1.807, 2.05) is 72.8 Å². The van der Waals surface area contributed by atoms with Crippen molar-refractivity contribution in [3.8, 4) is 17.2 Å². The SMILES string of the molecule is NC(=O)NC1(CO)CCc2cc(Oc3cccc(OCc4ccccc4)c3)ccc2C1. The zero-order chi connectivity index (χ0) is 21.7. The number of benzene rings is 3. The Hall–Kier alpha value is -3.51. The monoisotopic (exact) mass is 418 g/mol. The number of hydrogen-bond donors (Lipinski definition) is 3. The van der Waals surface area contributed by atoms with Crippen molar-refractivity contribution in [3.05, 3.63) is 89.5 Å². The van der Waals surface area contributed by atoms with Gasteiger partial charge in [-0.2, -0.15) is 0 Å². The van der Waals surface area contributed by atoms with Crippen LogP contribution in [0, 0.1) is 0 Å². The third-order valence-electron chi connectivity index (χ3n) is 5.56. The van der Waals surface area contributed by atoms with E-state index in [0.717, 1.165) is 28.2 Å². The van der Waals surface area contributed by atoms with Crippen LogP contribution in [0.3, 0.4) is 0 Å². The maximum atomic E-state index is 11.3. The molecule has 3 aromatic carbocycles. The van der Waals surface area contributed by atoms with Crippen molar-refractivity contribution in [1.29, 1.82) is 0 Å². The molecule has 0 saturated carbocycles. The van der Waals surface area contributed by atoms with Crippen molar-refractivity contribution in [2.45, 2.75) is 31.4 Å². The molecule has 1 aliphatic rings. The standard InChI is InChI=1S/C25H26N2O4/c26-24(29)27-25(17-28)12-11-19-13-23(10-9-20(19)15-25)31-22-8-4-7-21(14-22)30-16-18-5-2-1-3-6-18/h1-10,13-14,28H,11-12,15-17H2,(H3,26,27,29). The molecule has 6 heteroatoms. The number of hydrogen-bond acceptors (Lipinski definition) is 4. The van der Waals surface area contributed by atoms with Gasteiger partial charge in [-0.15, -0.1) is 0 Å². The largest absolute Gasteiger partial charge is 0.489 e. The predicted octanol–water partition coefficient (Wildman–Crippen LogP) is 3.95. The van der Waals surface area contributed by atoms with Gasteiger partial charge in [0.2, 0.25) is 0 Å². The normalized spacial score (nSPS) is 17.5. The van der Waals surface area contributed by atoms with E-state index in [1.54, 1.807) is 0 Å². The average molecular weight is 418 g/mol. The molecule has 0 aromatic heterocycles. The van der Waals surface area contributed by atoms with Crippen LogP contribution >= 0.6 is 0 Å². The molecule has 0 bridgehead atoms. The average Bonchev–Trinajstić information content (AvgIpc) is 2.78. The highest BCUT2D eigenvalue weighted by Crippen LogP contribution is 2.33. The van der Waals surface area contributed by atoms with Crippen LogP contribution in [0.5, 0.6) is 17.2 Å². The molecule has 1 unspecified atom stereocenters. The van der Waals surface area contributed by atoms with Crippen molar-refractivity contribution < 1.29 is 19.4 Å². The van der Waals surface area contributed by atoms with Gasteiger partial charge in [0.25, 0.3) is 0 Å². The van der Waals surface area contributed by atoms with E-state index in [-0.39, 0.29) is 6.61 Å². The minimum Gasteiger partial charge on any atom is -0.489 e. The van der Waals surface area contributed by atoms with Gasteiger partial charge in [0, 0.05) is 6.07 Å². The number of urea groups is 1. The van der Waals surface area contributed by atoms with Gasteiger partial charge in [-0.1, -0.05) is 42.5 Å². The van der Waals surface area contributed by atoms with E-state index in [0.29, 0.717) is 31.6 Å². The lowest BCUT2D eigenvalue weighted by molar-refractivity contribution is 0.149. The zero-order valence-electron chi connectivity index (χ0n) is 17.2. The van der Waals surface area contributed by atoms with Crippen molar-refractivity contribution in [2.75, 3.05) is 6.61 Å². The minimum absolute atomic E-state index is 0.149. The Bertz CT molecular complexity index is 1050. The molecule has 0 spiro atoms. The summed E-state index contributed by atoms with van der Waals surface area (Å²) in [5, 5.41) is 12.5. The molecule has 2 amide bonds. The fourth-order valence-electron chi connectivity index (χ4n) is 3.94. The molecule has 0 radical (unpaired) electrons. The maximum absolute atomic E-state index is 11.3. The summed E-state index contributed by atoms with van der Waals surface area (Å²) in [6.07, 6.45) is 1.87. The van der Waals surface area contributed by atoms with Crippen LogP contribution in [0.2, 0.25) is 0 Å². The second kappa shape index (κ2) is 9.10. The quantitative estimate of drug-likeness (QED) is 0.542. The zero-order valence-corrected chi connectivity index (χ0v) is 17.2. The molecule has 1 atom stereocenters. The first-order valence-electron chi connectivity index (χ1n) is 10.3. The Morgan fingerprint density at radius 3 is 2.52 bits per heavy atom. The molecule has 4 N–H and O–H groups in total. The summed E-state index contributed by atoms with van der Waals surface area (Å²) in [6, 6.07) is 22.8. The first-order chi connectivity index (χ1) is 15.0. The summed E-state index contributed by atoms with van der Waals surface area (Å²) in [4.78, 5) is 11.3. The van der Waals surface area contributed by atoms with E-state index >= 15 is 0 Å². The Kier molecular flexibility index (Phi) is 6.09. The van der Waals surface area contributed by atoms with Gasteiger partial charge in [-0.3, -0.25) is 0 Å². The van der Waals surface area contributed by atoms with Crippen molar-refractivity contribution >= 4 is 6.03 Å². The van der Waals surface area contributed by atoms with E-state index < -0.39 is 11.6 Å². The summed E-state index contributed by atoms with van der Waals surface area (Å²) in [7, 11) is 0. The van der Waals surface area contributed by atoms with Gasteiger partial charge in [0.05, 0.1) is 12.1 Å². The molecule has 160 valence electrons. The molecular formula is C25H26N2O4. The first kappa shape index (κ1) is 20.8. The molecule has 6 nitrogen and oxygen atoms in total. The molecule has 0 saturated heterocycles. The number of ether oxygens (including phenoxy) is 2. The molecule has 1 aliphatic carbocycles. The second-order valence-corrected chi connectivity index (χ2v) is 7.89. The topological polar surface area (TPSA) is 93.8 Å². The first-order valence-corrected chi connectivity index (χ1v) is 10.3. The van der Waals surface area contributed by atoms with Crippen molar-refractivity contribution in [1.82, 2.24) is 5.32 Å². The lowest BCUT2D eigenvalue weighted by Gasteiger charge is -2.37. The number of aliphatic hydroxyl groups is 1. The van der Waals surface area contributed by atoms with Crippen LogP contribution in [0.25, 0.3) is 0 Å². The molecule has 0 aliphatic heterocycles. The second-order valence-electron chi connectivity index (χ2n) is 7.89. The van der Waals surface area contributed by atoms with Gasteiger partial charge in [0.1, 0.15) is 23.9 Å². The van der Waals surface area contributed by atoms with Crippen LogP contribution < -0.4 is 20.5 Å². The Balaban J connectivity index is 1.43. The van der Waals surface area contributed by atoms with E-state index in [2.05, 4.69) is 5.32 Å². The third-order valence-corrected chi connectivity index (χ3v) is 5.56. The van der Waals surface area contributed by atoms with Gasteiger partial charge in [-0.25, -0.2) is 4.79 Å². The van der Waals surface area contributed by atoms with Gasteiger partial charge < -0.3 is 25.6 Å². The minimum atomic E-state index is -0.703. The number of rotatable bonds is 7. The molecule has 31 heavy (non-hydrogen) atoms. The fraction of sp³-hybridized carbons (Fsp3) is 0.240. The number of aryl methyl sites for hydroxylation is 1. The van der Waals surface area contributed by atoms with Crippen molar-refractivity contribution in [2.24, 2.45) is 5.73 Å². The Morgan fingerprint density at radius 2 is 1.74 bits per heavy atom. The number of amides is 2. The number of nitrogens with two attached hydrogens (primary N) is 1. The van der Waals surface area contributed by atoms with E-state index in [9.17, 15) is 9.90 Å². The van der Waals surface area contributed by atoms with Gasteiger partial charge in [-0.05, 0) is 60.2 Å². The molecule has 4 rings (SSSR count). The summed E-state index contributed by atoms with van der Waals surface area (Å²) in [5.41, 5.74) is 7.91. The third kappa shape index (κ3) is 5.16. The summed E-state index contributed by atoms with van der Waals surface area (Å²) in [6.45, 7) is 0.346. The number of carbonyl (C=O) groups is 1. The van der Waals surface area contributed by atoms with E-state index in [1.165, 1.54) is 0 Å². The number of primary amides is 1. The highest BCUT2D eigenvalue weighted by atomic mass is 16.5. The summed E-state index contributed by atoms with van der Waals surface area (Å²) < 4.78 is 11.9. The Labute approximate surface area is 181 Å². The molecular weight excluding hydrogens is 392 g/mol. The highest BCUT2D eigenvalue weighted by Gasteiger charge is 2.35. The van der Waals surface area contributed by atoms with Crippen LogP contribution in [-0.2, 0) is 19.4 Å². The van der Waals surface area contributed by atoms with E-state index in [4.69, 9.17) is 15.2 Å². The predicted molar refractivity (Wildman–Crippen MR) is 118 cm³/mol. The highest BCUT2D eigenvalue weighted by molar-refractivity contribution is 5.72. The van der Waals surface area contributed by atoms with Crippen LogP contribution in [0.15, 0.2) is 72.8 Å². The maximum Gasteiger partial charge on any atom is 0.312 e. The van der Waals surface area contributed by atoms with Crippen molar-refractivity contribution in [3.63, 3.8) is 0 Å². The number of aliphatic hydroxyl groups excluding tert-OH is 1. The van der Waals surface area contributed by atoms with Gasteiger partial charge in [0.15, 0.2) is 0 Å². The number of fused-ring (bicyclic) bond motifs is 1. The lowest BCUT2D eigenvalue weighted by Crippen LogP contribution is -2.56. The molecule has 0 heterocycles. The Morgan fingerprint density at radius 1 is 0.968 bits per heavy atom. The summed E-state index contributed by atoms with van der Waals surface area (Å²) >= 11 is 0. The van der Waals surface area contributed by atoms with Crippen LogP contribution in [-0.4, -0.2) is 23.3 Å². The number of carbonyl (C=O) groups excluding carboxylic acids is 1. The smallest absolute Gasteiger partial charge is 0.312 e. The van der Waals surface area contributed by atoms with Crippen LogP contribution in [0.4, 0.5) is 4.79 Å². The fourth-order valence-corrected chi connectivity index (χ4v) is 3.94. The van der Waals surface area contributed by atoms with Crippen LogP contribution in [0.1, 0.15) is 23.1 Å². The summed E-state index contributed by atoms with van der Waals surface area (Å²) in [5.74, 6) is 2.17.